The lowest BCUT2D eigenvalue weighted by Gasteiger charge is -2.25. The summed E-state index contributed by atoms with van der Waals surface area (Å²) < 4.78 is 0.748. The smallest absolute Gasteiger partial charge is 0.133 e. The molecule has 1 aliphatic rings. The molecule has 0 amide bonds. The minimum Gasteiger partial charge on any atom is -0.352 e. The Balaban J connectivity index is 2.63. The van der Waals surface area contributed by atoms with Crippen LogP contribution in [0.15, 0.2) is 0 Å². The molecule has 2 atom stereocenters. The molecule has 1 nitrogen and oxygen atoms in total. The van der Waals surface area contributed by atoms with Crippen molar-refractivity contribution in [1.82, 2.24) is 4.90 Å². The van der Waals surface area contributed by atoms with Crippen LogP contribution >= 0.6 is 24.8 Å². The van der Waals surface area contributed by atoms with E-state index in [0.717, 1.165) is 4.32 Å². The molecule has 1 fully saturated rings. The van der Waals surface area contributed by atoms with Gasteiger partial charge in [-0.2, -0.15) is 0 Å². The van der Waals surface area contributed by atoms with Gasteiger partial charge in [0.1, 0.15) is 4.32 Å². The maximum absolute atomic E-state index is 5.00. The summed E-state index contributed by atoms with van der Waals surface area (Å²) in [5.41, 5.74) is 0. The number of nitrogens with zero attached hydrogens (tertiary/aromatic N) is 1. The van der Waals surface area contributed by atoms with Crippen molar-refractivity contribution < 1.29 is 0 Å². The third-order valence-electron chi connectivity index (χ3n) is 2.17. The van der Waals surface area contributed by atoms with Gasteiger partial charge >= 0.3 is 0 Å². The van der Waals surface area contributed by atoms with Gasteiger partial charge in [0, 0.05) is 12.1 Å². The molecule has 0 aromatic carbocycles. The summed E-state index contributed by atoms with van der Waals surface area (Å²) in [6.45, 7) is 4.40. The Morgan fingerprint density at radius 2 is 1.80 bits per heavy atom. The quantitative estimate of drug-likeness (QED) is 0.443. The molecular weight excluding hydrogens is 162 g/mol. The lowest BCUT2D eigenvalue weighted by atomic mass is 10.2. The molecule has 0 aromatic rings. The van der Waals surface area contributed by atoms with Gasteiger partial charge < -0.3 is 4.90 Å². The molecule has 3 heteroatoms. The molecule has 1 rings (SSSR count). The zero-order valence-electron chi connectivity index (χ0n) is 6.37. The van der Waals surface area contributed by atoms with Crippen LogP contribution in [-0.4, -0.2) is 21.3 Å². The first-order chi connectivity index (χ1) is 4.63. The Hall–Kier alpha value is 0.240. The van der Waals surface area contributed by atoms with Crippen molar-refractivity contribution in [2.24, 2.45) is 0 Å². The van der Waals surface area contributed by atoms with Crippen LogP contribution in [0.3, 0.4) is 0 Å². The van der Waals surface area contributed by atoms with Crippen LogP contribution in [0.1, 0.15) is 26.7 Å². The van der Waals surface area contributed by atoms with E-state index in [-0.39, 0.29) is 0 Å². The van der Waals surface area contributed by atoms with E-state index in [9.17, 15) is 0 Å². The van der Waals surface area contributed by atoms with E-state index in [4.69, 9.17) is 12.2 Å². The number of thiol groups is 1. The summed E-state index contributed by atoms with van der Waals surface area (Å²) in [4.78, 5) is 2.21. The fraction of sp³-hybridized carbons (Fsp3) is 0.857. The van der Waals surface area contributed by atoms with E-state index in [1.54, 1.807) is 0 Å². The molecular formula is C7H13NS2. The Bertz CT molecular complexity index is 137. The molecule has 0 radical (unpaired) electrons. The van der Waals surface area contributed by atoms with Crippen molar-refractivity contribution in [2.45, 2.75) is 38.8 Å². The molecule has 58 valence electrons. The highest BCUT2D eigenvalue weighted by atomic mass is 32.1. The zero-order chi connectivity index (χ0) is 7.72. The minimum atomic E-state index is 0.597. The van der Waals surface area contributed by atoms with Gasteiger partial charge in [-0.1, -0.05) is 12.2 Å². The van der Waals surface area contributed by atoms with Crippen molar-refractivity contribution in [1.29, 1.82) is 0 Å². The second kappa shape index (κ2) is 3.09. The molecule has 0 bridgehead atoms. The van der Waals surface area contributed by atoms with E-state index in [1.165, 1.54) is 12.8 Å². The van der Waals surface area contributed by atoms with Gasteiger partial charge in [-0.15, -0.1) is 12.6 Å². The van der Waals surface area contributed by atoms with E-state index >= 15 is 0 Å². The lowest BCUT2D eigenvalue weighted by Crippen LogP contribution is -2.34. The van der Waals surface area contributed by atoms with Crippen molar-refractivity contribution >= 4 is 29.2 Å². The van der Waals surface area contributed by atoms with Gasteiger partial charge in [0.25, 0.3) is 0 Å². The summed E-state index contributed by atoms with van der Waals surface area (Å²) in [6, 6.07) is 1.19. The number of rotatable bonds is 0. The molecule has 0 spiro atoms. The lowest BCUT2D eigenvalue weighted by molar-refractivity contribution is 0.358. The number of likely N-dealkylation sites (tertiary alicyclic amines) is 1. The van der Waals surface area contributed by atoms with Gasteiger partial charge in [-0.3, -0.25) is 0 Å². The molecule has 0 unspecified atom stereocenters. The molecule has 0 aromatic heterocycles. The highest BCUT2D eigenvalue weighted by Gasteiger charge is 2.27. The zero-order valence-corrected chi connectivity index (χ0v) is 8.08. The summed E-state index contributed by atoms with van der Waals surface area (Å²) in [6.07, 6.45) is 2.50. The third kappa shape index (κ3) is 1.45. The normalized spacial score (nSPS) is 32.9. The van der Waals surface area contributed by atoms with Gasteiger partial charge in [-0.25, -0.2) is 0 Å². The van der Waals surface area contributed by atoms with E-state index < -0.39 is 0 Å². The second-order valence-electron chi connectivity index (χ2n) is 2.97. The van der Waals surface area contributed by atoms with Crippen LogP contribution in [0.25, 0.3) is 0 Å². The average Bonchev–Trinajstić information content (AvgIpc) is 2.11. The van der Waals surface area contributed by atoms with Crippen molar-refractivity contribution in [3.05, 3.63) is 0 Å². The van der Waals surface area contributed by atoms with Crippen LogP contribution in [-0.2, 0) is 0 Å². The molecule has 0 N–H and O–H groups in total. The predicted molar refractivity (Wildman–Crippen MR) is 51.6 cm³/mol. The van der Waals surface area contributed by atoms with Gasteiger partial charge in [0.05, 0.1) is 0 Å². The van der Waals surface area contributed by atoms with Gasteiger partial charge in [-0.05, 0) is 26.7 Å². The largest absolute Gasteiger partial charge is 0.352 e. The first-order valence-corrected chi connectivity index (χ1v) is 4.49. The molecule has 1 heterocycles. The number of hydrogen-bond donors (Lipinski definition) is 1. The van der Waals surface area contributed by atoms with Crippen molar-refractivity contribution in [3.63, 3.8) is 0 Å². The molecule has 0 aliphatic carbocycles. The first kappa shape index (κ1) is 8.34. The average molecular weight is 175 g/mol. The molecule has 0 saturated carbocycles. The van der Waals surface area contributed by atoms with E-state index in [2.05, 4.69) is 31.4 Å². The van der Waals surface area contributed by atoms with Gasteiger partial charge in [0.2, 0.25) is 0 Å². The van der Waals surface area contributed by atoms with Crippen LogP contribution in [0.5, 0.6) is 0 Å². The maximum atomic E-state index is 5.00. The highest BCUT2D eigenvalue weighted by molar-refractivity contribution is 8.10. The molecule has 1 aliphatic heterocycles. The third-order valence-corrected chi connectivity index (χ3v) is 2.61. The maximum Gasteiger partial charge on any atom is 0.133 e. The summed E-state index contributed by atoms with van der Waals surface area (Å²) in [7, 11) is 0. The van der Waals surface area contributed by atoms with Crippen molar-refractivity contribution in [2.75, 3.05) is 0 Å². The summed E-state index contributed by atoms with van der Waals surface area (Å²) in [5, 5.41) is 0. The molecule has 10 heavy (non-hydrogen) atoms. The molecule has 1 saturated heterocycles. The topological polar surface area (TPSA) is 3.24 Å². The fourth-order valence-electron chi connectivity index (χ4n) is 1.57. The van der Waals surface area contributed by atoms with E-state index in [0.29, 0.717) is 12.1 Å². The Morgan fingerprint density at radius 1 is 1.40 bits per heavy atom. The second-order valence-corrected chi connectivity index (χ2v) is 4.08. The van der Waals surface area contributed by atoms with Crippen molar-refractivity contribution in [3.8, 4) is 0 Å². The fourth-order valence-corrected chi connectivity index (χ4v) is 2.33. The van der Waals surface area contributed by atoms with E-state index in [1.807, 2.05) is 0 Å². The standard InChI is InChI=1S/C7H13NS2/c1-5-3-4-6(2)8(5)7(9)10/h5-6H,3-4H2,1-2H3,(H,9,10)/t5-,6-/m0/s1. The van der Waals surface area contributed by atoms with Gasteiger partial charge in [0.15, 0.2) is 0 Å². The van der Waals surface area contributed by atoms with Crippen LogP contribution in [0.2, 0.25) is 0 Å². The number of hydrogen-bond acceptors (Lipinski definition) is 1. The van der Waals surface area contributed by atoms with Crippen LogP contribution in [0.4, 0.5) is 0 Å². The van der Waals surface area contributed by atoms with Crippen LogP contribution in [0, 0.1) is 0 Å². The Kier molecular flexibility index (Phi) is 2.58. The predicted octanol–water partition coefficient (Wildman–Crippen LogP) is 2.07. The summed E-state index contributed by atoms with van der Waals surface area (Å²) in [5.74, 6) is 0. The SMILES string of the molecule is C[C@H]1CC[C@H](C)N1C(=S)S. The Labute approximate surface area is 73.2 Å². The minimum absolute atomic E-state index is 0.597. The first-order valence-electron chi connectivity index (χ1n) is 3.64. The van der Waals surface area contributed by atoms with Crippen LogP contribution < -0.4 is 0 Å². The monoisotopic (exact) mass is 175 g/mol. The Morgan fingerprint density at radius 3 is 2.00 bits per heavy atom. The summed E-state index contributed by atoms with van der Waals surface area (Å²) >= 11 is 9.17. The number of thiocarbonyl (C=S) groups is 1. The highest BCUT2D eigenvalue weighted by Crippen LogP contribution is 2.24.